The van der Waals surface area contributed by atoms with Gasteiger partial charge in [-0.2, -0.15) is 0 Å². The maximum Gasteiger partial charge on any atom is 0.240 e. The van der Waals surface area contributed by atoms with Crippen LogP contribution in [0, 0.1) is 12.8 Å². The predicted octanol–water partition coefficient (Wildman–Crippen LogP) is 1.75. The third-order valence-corrected chi connectivity index (χ3v) is 6.23. The zero-order valence-corrected chi connectivity index (χ0v) is 14.7. The van der Waals surface area contributed by atoms with Crippen LogP contribution >= 0.6 is 0 Å². The topological polar surface area (TPSA) is 101 Å². The van der Waals surface area contributed by atoms with Crippen molar-refractivity contribution in [2.75, 3.05) is 12.4 Å². The summed E-state index contributed by atoms with van der Waals surface area (Å²) in [6.45, 7) is 3.59. The first-order chi connectivity index (χ1) is 10.7. The lowest BCUT2D eigenvalue weighted by molar-refractivity contribution is -0.122. The number of nitrogens with two attached hydrogens (primary N) is 1. The smallest absolute Gasteiger partial charge is 0.240 e. The molecule has 1 saturated carbocycles. The largest absolute Gasteiger partial charge is 0.326 e. The first-order valence-corrected chi connectivity index (χ1v) is 9.30. The molecule has 1 amide bonds. The minimum absolute atomic E-state index is 0.142. The molecule has 1 fully saturated rings. The lowest BCUT2D eigenvalue weighted by Crippen LogP contribution is -2.51. The fourth-order valence-electron chi connectivity index (χ4n) is 3.16. The van der Waals surface area contributed by atoms with E-state index in [0.717, 1.165) is 25.7 Å². The minimum Gasteiger partial charge on any atom is -0.326 e. The summed E-state index contributed by atoms with van der Waals surface area (Å²) in [6, 6.07) is 4.85. The minimum atomic E-state index is -3.56. The number of benzene rings is 1. The molecule has 0 spiro atoms. The van der Waals surface area contributed by atoms with Crippen LogP contribution in [0.1, 0.15) is 38.2 Å². The molecular formula is C16H25N3O3S. The molecule has 0 heterocycles. The molecule has 1 aliphatic rings. The molecule has 2 unspecified atom stereocenters. The molecule has 23 heavy (non-hydrogen) atoms. The number of anilines is 1. The van der Waals surface area contributed by atoms with Crippen LogP contribution in [-0.4, -0.2) is 26.9 Å². The third-order valence-electron chi connectivity index (χ3n) is 4.67. The summed E-state index contributed by atoms with van der Waals surface area (Å²) in [5.41, 5.74) is 6.77. The highest BCUT2D eigenvalue weighted by atomic mass is 32.2. The summed E-state index contributed by atoms with van der Waals surface area (Å²) in [7, 11) is -2.20. The standard InChI is InChI=1S/C16H25N3O3S/c1-11-13(8-6-9-14(11)23(21,22)18-3)19-15(20)12-7-4-5-10-16(12,2)17/h6,8-9,12,18H,4-5,7,10,17H2,1-3H3,(H,19,20). The summed E-state index contributed by atoms with van der Waals surface area (Å²) in [5, 5.41) is 2.86. The average Bonchev–Trinajstić information content (AvgIpc) is 2.48. The molecule has 0 aliphatic heterocycles. The Hall–Kier alpha value is -1.44. The highest BCUT2D eigenvalue weighted by Gasteiger charge is 2.38. The third kappa shape index (κ3) is 3.73. The number of carbonyl (C=O) groups is 1. The van der Waals surface area contributed by atoms with Gasteiger partial charge in [0.15, 0.2) is 0 Å². The van der Waals surface area contributed by atoms with Gasteiger partial charge in [0.25, 0.3) is 0 Å². The van der Waals surface area contributed by atoms with Crippen LogP contribution in [-0.2, 0) is 14.8 Å². The molecule has 7 heteroatoms. The normalized spacial score (nSPS) is 25.1. The Morgan fingerprint density at radius 1 is 1.35 bits per heavy atom. The fraction of sp³-hybridized carbons (Fsp3) is 0.562. The molecule has 1 aromatic rings. The molecule has 1 aromatic carbocycles. The van der Waals surface area contributed by atoms with E-state index in [2.05, 4.69) is 10.0 Å². The lowest BCUT2D eigenvalue weighted by Gasteiger charge is -2.37. The molecule has 0 radical (unpaired) electrons. The van der Waals surface area contributed by atoms with Gasteiger partial charge in [0.1, 0.15) is 0 Å². The van der Waals surface area contributed by atoms with Gasteiger partial charge in [-0.05, 0) is 51.4 Å². The van der Waals surface area contributed by atoms with Crippen molar-refractivity contribution in [3.05, 3.63) is 23.8 Å². The molecule has 0 bridgehead atoms. The van der Waals surface area contributed by atoms with Crippen molar-refractivity contribution in [3.8, 4) is 0 Å². The molecule has 2 rings (SSSR count). The quantitative estimate of drug-likeness (QED) is 0.778. The Kier molecular flexibility index (Phi) is 5.13. The second-order valence-electron chi connectivity index (χ2n) is 6.43. The van der Waals surface area contributed by atoms with E-state index in [1.807, 2.05) is 6.92 Å². The van der Waals surface area contributed by atoms with E-state index in [9.17, 15) is 13.2 Å². The van der Waals surface area contributed by atoms with Gasteiger partial charge < -0.3 is 11.1 Å². The van der Waals surface area contributed by atoms with E-state index < -0.39 is 15.6 Å². The van der Waals surface area contributed by atoms with Crippen molar-refractivity contribution in [1.29, 1.82) is 0 Å². The number of hydrogen-bond donors (Lipinski definition) is 3. The van der Waals surface area contributed by atoms with E-state index in [4.69, 9.17) is 5.73 Å². The van der Waals surface area contributed by atoms with Crippen LogP contribution < -0.4 is 15.8 Å². The molecule has 6 nitrogen and oxygen atoms in total. The Morgan fingerprint density at radius 2 is 2.04 bits per heavy atom. The van der Waals surface area contributed by atoms with Gasteiger partial charge in [0, 0.05) is 11.2 Å². The van der Waals surface area contributed by atoms with Gasteiger partial charge in [-0.15, -0.1) is 0 Å². The number of sulfonamides is 1. The Morgan fingerprint density at radius 3 is 2.65 bits per heavy atom. The summed E-state index contributed by atoms with van der Waals surface area (Å²) >= 11 is 0. The number of amides is 1. The summed E-state index contributed by atoms with van der Waals surface area (Å²) in [4.78, 5) is 12.8. The number of carbonyl (C=O) groups excluding carboxylic acids is 1. The number of rotatable bonds is 4. The molecule has 0 saturated heterocycles. The van der Waals surface area contributed by atoms with Crippen LogP contribution in [0.15, 0.2) is 23.1 Å². The van der Waals surface area contributed by atoms with Gasteiger partial charge in [0.05, 0.1) is 10.8 Å². The average molecular weight is 339 g/mol. The summed E-state index contributed by atoms with van der Waals surface area (Å²) in [6.07, 6.45) is 3.59. The maximum atomic E-state index is 12.6. The van der Waals surface area contributed by atoms with Crippen molar-refractivity contribution < 1.29 is 13.2 Å². The van der Waals surface area contributed by atoms with E-state index in [1.54, 1.807) is 19.1 Å². The van der Waals surface area contributed by atoms with Gasteiger partial charge in [-0.25, -0.2) is 13.1 Å². The highest BCUT2D eigenvalue weighted by molar-refractivity contribution is 7.89. The Bertz CT molecular complexity index is 699. The summed E-state index contributed by atoms with van der Waals surface area (Å²) < 4.78 is 26.3. The second kappa shape index (κ2) is 6.59. The Labute approximate surface area is 137 Å². The molecule has 128 valence electrons. The highest BCUT2D eigenvalue weighted by Crippen LogP contribution is 2.33. The lowest BCUT2D eigenvalue weighted by atomic mass is 9.74. The van der Waals surface area contributed by atoms with E-state index in [-0.39, 0.29) is 16.7 Å². The van der Waals surface area contributed by atoms with Gasteiger partial charge in [0.2, 0.25) is 15.9 Å². The molecular weight excluding hydrogens is 314 g/mol. The zero-order chi connectivity index (χ0) is 17.3. The van der Waals surface area contributed by atoms with Gasteiger partial charge in [-0.3, -0.25) is 4.79 Å². The molecule has 0 aromatic heterocycles. The maximum absolute atomic E-state index is 12.6. The monoisotopic (exact) mass is 339 g/mol. The first-order valence-electron chi connectivity index (χ1n) is 7.82. The molecule has 1 aliphatic carbocycles. The SMILES string of the molecule is CNS(=O)(=O)c1cccc(NC(=O)C2CCCCC2(C)N)c1C. The molecule has 2 atom stereocenters. The van der Waals surface area contributed by atoms with Crippen LogP contribution in [0.25, 0.3) is 0 Å². The zero-order valence-electron chi connectivity index (χ0n) is 13.8. The van der Waals surface area contributed by atoms with E-state index in [0.29, 0.717) is 11.3 Å². The second-order valence-corrected chi connectivity index (χ2v) is 8.28. The van der Waals surface area contributed by atoms with Crippen molar-refractivity contribution in [2.45, 2.75) is 50.0 Å². The van der Waals surface area contributed by atoms with E-state index >= 15 is 0 Å². The number of hydrogen-bond acceptors (Lipinski definition) is 4. The van der Waals surface area contributed by atoms with Crippen LogP contribution in [0.3, 0.4) is 0 Å². The van der Waals surface area contributed by atoms with Crippen molar-refractivity contribution in [2.24, 2.45) is 11.7 Å². The van der Waals surface area contributed by atoms with Gasteiger partial charge >= 0.3 is 0 Å². The summed E-state index contributed by atoms with van der Waals surface area (Å²) in [5.74, 6) is -0.406. The fourth-order valence-corrected chi connectivity index (χ4v) is 4.15. The van der Waals surface area contributed by atoms with Crippen LogP contribution in [0.2, 0.25) is 0 Å². The van der Waals surface area contributed by atoms with Gasteiger partial charge in [-0.1, -0.05) is 18.9 Å². The first kappa shape index (κ1) is 17.9. The van der Waals surface area contributed by atoms with Crippen LogP contribution in [0.4, 0.5) is 5.69 Å². The Balaban J connectivity index is 2.27. The predicted molar refractivity (Wildman–Crippen MR) is 90.6 cm³/mol. The number of nitrogens with one attached hydrogen (secondary N) is 2. The van der Waals surface area contributed by atoms with Crippen molar-refractivity contribution >= 4 is 21.6 Å². The van der Waals surface area contributed by atoms with Crippen molar-refractivity contribution in [1.82, 2.24) is 4.72 Å². The van der Waals surface area contributed by atoms with Crippen LogP contribution in [0.5, 0.6) is 0 Å². The molecule has 4 N–H and O–H groups in total. The van der Waals surface area contributed by atoms with Crippen molar-refractivity contribution in [3.63, 3.8) is 0 Å². The van der Waals surface area contributed by atoms with E-state index in [1.165, 1.54) is 13.1 Å².